The second-order valence-electron chi connectivity index (χ2n) is 6.72. The molecule has 1 saturated carbocycles. The van der Waals surface area contributed by atoms with Crippen LogP contribution in [-0.2, 0) is 12.0 Å². The van der Waals surface area contributed by atoms with E-state index in [1.165, 1.54) is 24.8 Å². The Hall–Kier alpha value is -1.83. The molecule has 1 heterocycles. The van der Waals surface area contributed by atoms with Crippen molar-refractivity contribution in [2.45, 2.75) is 38.1 Å². The van der Waals surface area contributed by atoms with Gasteiger partial charge in [0.25, 0.3) is 0 Å². The van der Waals surface area contributed by atoms with E-state index in [0.717, 1.165) is 24.6 Å². The minimum Gasteiger partial charge on any atom is -0.481 e. The first-order valence-electron chi connectivity index (χ1n) is 9.33. The first-order chi connectivity index (χ1) is 12.8. The number of benzene rings is 1. The van der Waals surface area contributed by atoms with Crippen LogP contribution >= 0.6 is 24.0 Å². The Morgan fingerprint density at radius 2 is 1.93 bits per heavy atom. The number of nitrogens with zero attached hydrogens (tertiary/aromatic N) is 2. The zero-order valence-electron chi connectivity index (χ0n) is 16.1. The van der Waals surface area contributed by atoms with Gasteiger partial charge in [0.15, 0.2) is 5.96 Å². The Kier molecular flexibility index (Phi) is 8.34. The third kappa shape index (κ3) is 5.34. The summed E-state index contributed by atoms with van der Waals surface area (Å²) in [5, 5.41) is 6.89. The van der Waals surface area contributed by atoms with Crippen molar-refractivity contribution in [3.05, 3.63) is 59.8 Å². The van der Waals surface area contributed by atoms with Crippen molar-refractivity contribution >= 4 is 29.9 Å². The minimum atomic E-state index is 0. The predicted octanol–water partition coefficient (Wildman–Crippen LogP) is 3.89. The maximum atomic E-state index is 5.31. The van der Waals surface area contributed by atoms with Gasteiger partial charge in [-0.1, -0.05) is 42.8 Å². The molecule has 146 valence electrons. The molecule has 1 aliphatic rings. The molecular formula is C21H29IN4O. The lowest BCUT2D eigenvalue weighted by Crippen LogP contribution is -2.48. The number of pyridine rings is 1. The Balaban J connectivity index is 0.00000261. The van der Waals surface area contributed by atoms with Crippen LogP contribution < -0.4 is 15.4 Å². The van der Waals surface area contributed by atoms with E-state index in [1.54, 1.807) is 13.3 Å². The van der Waals surface area contributed by atoms with Crippen LogP contribution in [0.15, 0.2) is 53.7 Å². The summed E-state index contributed by atoms with van der Waals surface area (Å²) in [7, 11) is 1.64. The molecule has 5 nitrogen and oxygen atoms in total. The lowest BCUT2D eigenvalue weighted by Gasteiger charge is -2.43. The van der Waals surface area contributed by atoms with Crippen LogP contribution in [0.5, 0.6) is 5.88 Å². The van der Waals surface area contributed by atoms with E-state index in [9.17, 15) is 0 Å². The van der Waals surface area contributed by atoms with Crippen molar-refractivity contribution in [2.24, 2.45) is 4.99 Å². The van der Waals surface area contributed by atoms with Gasteiger partial charge in [0.05, 0.1) is 13.7 Å². The summed E-state index contributed by atoms with van der Waals surface area (Å²) < 4.78 is 5.31. The summed E-state index contributed by atoms with van der Waals surface area (Å²) in [4.78, 5) is 8.96. The van der Waals surface area contributed by atoms with Gasteiger partial charge in [0, 0.05) is 30.3 Å². The van der Waals surface area contributed by atoms with Gasteiger partial charge in [-0.2, -0.15) is 0 Å². The third-order valence-corrected chi connectivity index (χ3v) is 5.09. The number of aromatic nitrogens is 1. The number of rotatable bonds is 7. The van der Waals surface area contributed by atoms with Crippen molar-refractivity contribution in [2.75, 3.05) is 20.2 Å². The van der Waals surface area contributed by atoms with Crippen LogP contribution in [0.4, 0.5) is 0 Å². The fraction of sp³-hybridized carbons (Fsp3) is 0.429. The molecule has 0 saturated heterocycles. The van der Waals surface area contributed by atoms with E-state index in [4.69, 9.17) is 9.73 Å². The number of hydrogen-bond acceptors (Lipinski definition) is 3. The zero-order chi connectivity index (χ0) is 18.2. The van der Waals surface area contributed by atoms with Crippen LogP contribution in [0, 0.1) is 0 Å². The summed E-state index contributed by atoms with van der Waals surface area (Å²) >= 11 is 0. The number of hydrogen-bond donors (Lipinski definition) is 2. The number of halogens is 1. The highest BCUT2D eigenvalue weighted by Crippen LogP contribution is 2.43. The summed E-state index contributed by atoms with van der Waals surface area (Å²) in [5.74, 6) is 1.47. The SMILES string of the molecule is CCNC(=NCc1cccnc1OC)NCC1(c2ccccc2)CCC1.I. The van der Waals surface area contributed by atoms with Gasteiger partial charge >= 0.3 is 0 Å². The lowest BCUT2D eigenvalue weighted by molar-refractivity contribution is 0.244. The van der Waals surface area contributed by atoms with E-state index in [1.807, 2.05) is 12.1 Å². The van der Waals surface area contributed by atoms with Gasteiger partial charge in [-0.15, -0.1) is 24.0 Å². The number of aliphatic imine (C=N–C) groups is 1. The molecule has 0 amide bonds. The largest absolute Gasteiger partial charge is 0.481 e. The molecule has 0 unspecified atom stereocenters. The summed E-state index contributed by atoms with van der Waals surface area (Å²) in [5.41, 5.74) is 2.63. The lowest BCUT2D eigenvalue weighted by atomic mass is 9.64. The van der Waals surface area contributed by atoms with Crippen LogP contribution in [0.2, 0.25) is 0 Å². The van der Waals surface area contributed by atoms with Crippen LogP contribution in [0.25, 0.3) is 0 Å². The van der Waals surface area contributed by atoms with Gasteiger partial charge in [-0.25, -0.2) is 9.98 Å². The van der Waals surface area contributed by atoms with Crippen LogP contribution in [0.1, 0.15) is 37.3 Å². The fourth-order valence-electron chi connectivity index (χ4n) is 3.45. The quantitative estimate of drug-likeness (QED) is 0.359. The van der Waals surface area contributed by atoms with Crippen molar-refractivity contribution in [3.63, 3.8) is 0 Å². The molecule has 0 radical (unpaired) electrons. The van der Waals surface area contributed by atoms with E-state index < -0.39 is 0 Å². The number of nitrogens with one attached hydrogen (secondary N) is 2. The van der Waals surface area contributed by atoms with Gasteiger partial charge in [-0.05, 0) is 31.4 Å². The Bertz CT molecular complexity index is 732. The molecule has 1 fully saturated rings. The summed E-state index contributed by atoms with van der Waals surface area (Å²) in [6.07, 6.45) is 5.46. The van der Waals surface area contributed by atoms with E-state index in [2.05, 4.69) is 52.9 Å². The smallest absolute Gasteiger partial charge is 0.218 e. The second kappa shape index (κ2) is 10.5. The third-order valence-electron chi connectivity index (χ3n) is 5.09. The van der Waals surface area contributed by atoms with Gasteiger partial charge in [-0.3, -0.25) is 0 Å². The predicted molar refractivity (Wildman–Crippen MR) is 121 cm³/mol. The monoisotopic (exact) mass is 480 g/mol. The topological polar surface area (TPSA) is 58.5 Å². The zero-order valence-corrected chi connectivity index (χ0v) is 18.4. The molecule has 3 rings (SSSR count). The normalized spacial score (nSPS) is 15.3. The highest BCUT2D eigenvalue weighted by molar-refractivity contribution is 14.0. The fourth-order valence-corrected chi connectivity index (χ4v) is 3.45. The molecule has 6 heteroatoms. The van der Waals surface area contributed by atoms with Crippen molar-refractivity contribution < 1.29 is 4.74 Å². The highest BCUT2D eigenvalue weighted by Gasteiger charge is 2.38. The molecule has 0 atom stereocenters. The molecule has 0 spiro atoms. The second-order valence-corrected chi connectivity index (χ2v) is 6.72. The maximum absolute atomic E-state index is 5.31. The number of ether oxygens (including phenoxy) is 1. The van der Waals surface area contributed by atoms with Gasteiger partial charge < -0.3 is 15.4 Å². The Morgan fingerprint density at radius 3 is 2.56 bits per heavy atom. The molecule has 2 N–H and O–H groups in total. The van der Waals surface area contributed by atoms with Gasteiger partial charge in [0.2, 0.25) is 5.88 Å². The molecule has 0 bridgehead atoms. The van der Waals surface area contributed by atoms with Crippen LogP contribution in [0.3, 0.4) is 0 Å². The van der Waals surface area contributed by atoms with Gasteiger partial charge in [0.1, 0.15) is 0 Å². The maximum Gasteiger partial charge on any atom is 0.218 e. The standard InChI is InChI=1S/C21H28N4O.HI/c1-3-22-20(24-15-17-9-7-14-23-19(17)26-2)25-16-21(12-8-13-21)18-10-5-4-6-11-18;/h4-7,9-11,14H,3,8,12-13,15-16H2,1-2H3,(H2,22,24,25);1H. The first-order valence-corrected chi connectivity index (χ1v) is 9.33. The van der Waals surface area contributed by atoms with E-state index in [-0.39, 0.29) is 29.4 Å². The van der Waals surface area contributed by atoms with Crippen molar-refractivity contribution in [3.8, 4) is 5.88 Å². The average Bonchev–Trinajstić information content (AvgIpc) is 2.66. The summed E-state index contributed by atoms with van der Waals surface area (Å²) in [6.45, 7) is 4.34. The molecule has 27 heavy (non-hydrogen) atoms. The van der Waals surface area contributed by atoms with E-state index in [0.29, 0.717) is 12.4 Å². The molecule has 1 aromatic carbocycles. The molecular weight excluding hydrogens is 451 g/mol. The highest BCUT2D eigenvalue weighted by atomic mass is 127. The summed E-state index contributed by atoms with van der Waals surface area (Å²) in [6, 6.07) is 14.7. The molecule has 1 aliphatic carbocycles. The van der Waals surface area contributed by atoms with E-state index >= 15 is 0 Å². The minimum absolute atomic E-state index is 0. The molecule has 2 aromatic rings. The van der Waals surface area contributed by atoms with Crippen LogP contribution in [-0.4, -0.2) is 31.1 Å². The molecule has 0 aliphatic heterocycles. The number of guanidine groups is 1. The van der Waals surface area contributed by atoms with Crippen molar-refractivity contribution in [1.29, 1.82) is 0 Å². The number of methoxy groups -OCH3 is 1. The average molecular weight is 480 g/mol. The van der Waals surface area contributed by atoms with Crippen molar-refractivity contribution in [1.82, 2.24) is 15.6 Å². The molecule has 1 aromatic heterocycles. The first kappa shape index (κ1) is 21.5. The Morgan fingerprint density at radius 1 is 1.15 bits per heavy atom. The Labute approximate surface area is 179 Å².